The largest absolute Gasteiger partial charge is 0.493 e. The molecule has 0 spiro atoms. The number of aryl methyl sites for hydroxylation is 2. The third kappa shape index (κ3) is 6.08. The van der Waals surface area contributed by atoms with Crippen LogP contribution in [0, 0.1) is 19.8 Å². The van der Waals surface area contributed by atoms with Gasteiger partial charge in [-0.1, -0.05) is 24.3 Å². The molecule has 0 bridgehead atoms. The fourth-order valence-corrected chi connectivity index (χ4v) is 5.30. The Balaban J connectivity index is 1.24. The normalized spacial score (nSPS) is 17.2. The summed E-state index contributed by atoms with van der Waals surface area (Å²) >= 11 is 0. The van der Waals surface area contributed by atoms with Gasteiger partial charge >= 0.3 is 5.97 Å². The standard InChI is InChI=1S/C31H34O6/c1-20-12-27(36-17-22-8-10-34-11-9-22)13-21(2)31(20)24-5-3-4-23(14-24)18-35-26-6-7-28-25(15-30(32)33)19-37-29(28)16-26/h3-7,12-14,16,22,25H,8-11,15,17-19H2,1-2H3,(H,32,33). The topological polar surface area (TPSA) is 74.2 Å². The minimum atomic E-state index is -0.815. The summed E-state index contributed by atoms with van der Waals surface area (Å²) in [4.78, 5) is 11.1. The number of benzene rings is 3. The van der Waals surface area contributed by atoms with Gasteiger partial charge in [-0.2, -0.15) is 0 Å². The number of carboxylic acid groups (broad SMARTS) is 1. The maximum absolute atomic E-state index is 11.1. The first-order chi connectivity index (χ1) is 18.0. The molecule has 0 radical (unpaired) electrons. The van der Waals surface area contributed by atoms with Crippen molar-refractivity contribution in [2.75, 3.05) is 26.4 Å². The van der Waals surface area contributed by atoms with E-state index >= 15 is 0 Å². The minimum Gasteiger partial charge on any atom is -0.493 e. The summed E-state index contributed by atoms with van der Waals surface area (Å²) in [5.41, 5.74) is 6.75. The van der Waals surface area contributed by atoms with Gasteiger partial charge in [0, 0.05) is 30.8 Å². The van der Waals surface area contributed by atoms with Gasteiger partial charge in [0.25, 0.3) is 0 Å². The van der Waals surface area contributed by atoms with Gasteiger partial charge in [-0.15, -0.1) is 0 Å². The van der Waals surface area contributed by atoms with Gasteiger partial charge in [0.05, 0.1) is 19.6 Å². The molecule has 5 rings (SSSR count). The van der Waals surface area contributed by atoms with Crippen LogP contribution < -0.4 is 14.2 Å². The first-order valence-corrected chi connectivity index (χ1v) is 13.0. The van der Waals surface area contributed by atoms with E-state index in [1.54, 1.807) is 0 Å². The first kappa shape index (κ1) is 25.2. The zero-order valence-electron chi connectivity index (χ0n) is 21.5. The van der Waals surface area contributed by atoms with Crippen LogP contribution in [0.15, 0.2) is 54.6 Å². The van der Waals surface area contributed by atoms with E-state index < -0.39 is 5.97 Å². The Hall–Kier alpha value is -3.51. The molecule has 2 heterocycles. The molecule has 6 nitrogen and oxygen atoms in total. The number of hydrogen-bond acceptors (Lipinski definition) is 5. The van der Waals surface area contributed by atoms with Crippen LogP contribution in [0.5, 0.6) is 17.2 Å². The molecule has 6 heteroatoms. The zero-order chi connectivity index (χ0) is 25.8. The van der Waals surface area contributed by atoms with Crippen molar-refractivity contribution in [3.8, 4) is 28.4 Å². The summed E-state index contributed by atoms with van der Waals surface area (Å²) < 4.78 is 23.4. The Kier molecular flexibility index (Phi) is 7.65. The summed E-state index contributed by atoms with van der Waals surface area (Å²) in [6.45, 7) is 7.49. The van der Waals surface area contributed by atoms with Crippen molar-refractivity contribution in [3.05, 3.63) is 76.9 Å². The molecule has 1 fully saturated rings. The van der Waals surface area contributed by atoms with Crippen LogP contribution in [0.25, 0.3) is 11.1 Å². The molecule has 0 amide bonds. The molecule has 1 atom stereocenters. The third-order valence-electron chi connectivity index (χ3n) is 7.24. The maximum Gasteiger partial charge on any atom is 0.304 e. The van der Waals surface area contributed by atoms with Gasteiger partial charge in [0.15, 0.2) is 0 Å². The fraction of sp³-hybridized carbons (Fsp3) is 0.387. The number of carbonyl (C=O) groups is 1. The molecule has 1 unspecified atom stereocenters. The molecule has 0 aromatic heterocycles. The summed E-state index contributed by atoms with van der Waals surface area (Å²) in [7, 11) is 0. The molecular formula is C31H34O6. The van der Waals surface area contributed by atoms with Crippen LogP contribution in [0.3, 0.4) is 0 Å². The highest BCUT2D eigenvalue weighted by Crippen LogP contribution is 2.38. The lowest BCUT2D eigenvalue weighted by Gasteiger charge is -2.22. The molecular weight excluding hydrogens is 468 g/mol. The number of hydrogen-bond donors (Lipinski definition) is 1. The van der Waals surface area contributed by atoms with E-state index in [9.17, 15) is 4.79 Å². The SMILES string of the molecule is Cc1cc(OCC2CCOCC2)cc(C)c1-c1cccc(COc2ccc3c(c2)OCC3CC(=O)O)c1. The third-order valence-corrected chi connectivity index (χ3v) is 7.24. The lowest BCUT2D eigenvalue weighted by atomic mass is 9.94. The number of carboxylic acids is 1. The summed E-state index contributed by atoms with van der Waals surface area (Å²) in [6, 6.07) is 18.4. The molecule has 0 aliphatic carbocycles. The highest BCUT2D eigenvalue weighted by atomic mass is 16.5. The Morgan fingerprint density at radius 2 is 1.76 bits per heavy atom. The first-order valence-electron chi connectivity index (χ1n) is 13.0. The van der Waals surface area contributed by atoms with Crippen LogP contribution in [-0.4, -0.2) is 37.5 Å². The van der Waals surface area contributed by atoms with Crippen molar-refractivity contribution in [3.63, 3.8) is 0 Å². The summed E-state index contributed by atoms with van der Waals surface area (Å²) in [6.07, 6.45) is 2.20. The van der Waals surface area contributed by atoms with E-state index in [0.717, 1.165) is 55.1 Å². The quantitative estimate of drug-likeness (QED) is 0.370. The Labute approximate surface area is 218 Å². The zero-order valence-corrected chi connectivity index (χ0v) is 21.5. The molecule has 37 heavy (non-hydrogen) atoms. The van der Waals surface area contributed by atoms with Gasteiger partial charge in [0.1, 0.15) is 23.9 Å². The molecule has 1 N–H and O–H groups in total. The van der Waals surface area contributed by atoms with Gasteiger partial charge in [-0.05, 0) is 84.7 Å². The molecule has 0 saturated carbocycles. The van der Waals surface area contributed by atoms with Gasteiger partial charge in [-0.25, -0.2) is 0 Å². The smallest absolute Gasteiger partial charge is 0.304 e. The Morgan fingerprint density at radius 1 is 0.973 bits per heavy atom. The van der Waals surface area contributed by atoms with Crippen molar-refractivity contribution in [2.45, 2.75) is 45.6 Å². The molecule has 3 aromatic rings. The van der Waals surface area contributed by atoms with Crippen LogP contribution >= 0.6 is 0 Å². The second-order valence-corrected chi connectivity index (χ2v) is 10.1. The lowest BCUT2D eigenvalue weighted by Crippen LogP contribution is -2.21. The maximum atomic E-state index is 11.1. The van der Waals surface area contributed by atoms with E-state index in [-0.39, 0.29) is 12.3 Å². The molecule has 1 saturated heterocycles. The average molecular weight is 503 g/mol. The fourth-order valence-electron chi connectivity index (χ4n) is 5.30. The highest BCUT2D eigenvalue weighted by Gasteiger charge is 2.26. The second-order valence-electron chi connectivity index (χ2n) is 10.1. The van der Waals surface area contributed by atoms with Crippen LogP contribution in [-0.2, 0) is 16.1 Å². The molecule has 194 valence electrons. The van der Waals surface area contributed by atoms with Crippen LogP contribution in [0.4, 0.5) is 0 Å². The van der Waals surface area contributed by atoms with E-state index in [4.69, 9.17) is 24.1 Å². The van der Waals surface area contributed by atoms with Crippen molar-refractivity contribution in [1.82, 2.24) is 0 Å². The minimum absolute atomic E-state index is 0.0713. The highest BCUT2D eigenvalue weighted by molar-refractivity contribution is 5.72. The molecule has 3 aromatic carbocycles. The molecule has 2 aliphatic heterocycles. The number of fused-ring (bicyclic) bond motifs is 1. The van der Waals surface area contributed by atoms with E-state index in [2.05, 4.69) is 50.2 Å². The number of aliphatic carboxylic acids is 1. The Morgan fingerprint density at radius 3 is 2.51 bits per heavy atom. The summed E-state index contributed by atoms with van der Waals surface area (Å²) in [5.74, 6) is 1.98. The predicted octanol–water partition coefficient (Wildman–Crippen LogP) is 6.31. The Bertz CT molecular complexity index is 1240. The summed E-state index contributed by atoms with van der Waals surface area (Å²) in [5, 5.41) is 9.10. The van der Waals surface area contributed by atoms with Crippen molar-refractivity contribution in [2.24, 2.45) is 5.92 Å². The monoisotopic (exact) mass is 502 g/mol. The number of ether oxygens (including phenoxy) is 4. The van der Waals surface area contributed by atoms with Crippen LogP contribution in [0.2, 0.25) is 0 Å². The van der Waals surface area contributed by atoms with Crippen molar-refractivity contribution in [1.29, 1.82) is 0 Å². The average Bonchev–Trinajstić information content (AvgIpc) is 3.28. The second kappa shape index (κ2) is 11.3. The van der Waals surface area contributed by atoms with Gasteiger partial charge in [0.2, 0.25) is 0 Å². The van der Waals surface area contributed by atoms with Gasteiger partial charge < -0.3 is 24.1 Å². The lowest BCUT2D eigenvalue weighted by molar-refractivity contribution is -0.137. The van der Waals surface area contributed by atoms with Crippen LogP contribution in [0.1, 0.15) is 47.4 Å². The predicted molar refractivity (Wildman–Crippen MR) is 142 cm³/mol. The van der Waals surface area contributed by atoms with Crippen molar-refractivity contribution >= 4 is 5.97 Å². The molecule has 2 aliphatic rings. The van der Waals surface area contributed by atoms with E-state index in [1.165, 1.54) is 16.7 Å². The number of rotatable bonds is 9. The van der Waals surface area contributed by atoms with Gasteiger partial charge in [-0.3, -0.25) is 4.79 Å². The van der Waals surface area contributed by atoms with E-state index in [1.807, 2.05) is 18.2 Å². The van der Waals surface area contributed by atoms with E-state index in [0.29, 0.717) is 30.6 Å². The van der Waals surface area contributed by atoms with Crippen molar-refractivity contribution < 1.29 is 28.8 Å².